The lowest BCUT2D eigenvalue weighted by atomic mass is 10.1. The van der Waals surface area contributed by atoms with Gasteiger partial charge in [0.1, 0.15) is 16.7 Å². The van der Waals surface area contributed by atoms with Crippen molar-refractivity contribution in [3.8, 4) is 11.4 Å². The molecule has 0 saturated heterocycles. The number of rotatable bonds is 4. The van der Waals surface area contributed by atoms with Gasteiger partial charge in [-0.05, 0) is 43.7 Å². The maximum atomic E-state index is 13.1. The predicted molar refractivity (Wildman–Crippen MR) is 101 cm³/mol. The van der Waals surface area contributed by atoms with Crippen molar-refractivity contribution in [1.82, 2.24) is 9.55 Å². The molecule has 2 heterocycles. The molecule has 3 rings (SSSR count). The van der Waals surface area contributed by atoms with Crippen LogP contribution in [0.1, 0.15) is 28.2 Å². The Morgan fingerprint density at radius 3 is 2.38 bits per heavy atom. The number of amides is 2. The summed E-state index contributed by atoms with van der Waals surface area (Å²) >= 11 is 6.97. The van der Waals surface area contributed by atoms with E-state index in [1.54, 1.807) is 31.2 Å². The van der Waals surface area contributed by atoms with Crippen LogP contribution < -0.4 is 17.0 Å². The highest BCUT2D eigenvalue weighted by atomic mass is 35.5. The number of aryl methyl sites for hydroxylation is 1. The normalized spacial score (nSPS) is 12.3. The number of carbonyl (C=O) groups excluding carboxylic acids is 2. The summed E-state index contributed by atoms with van der Waals surface area (Å²) in [4.78, 5) is 41.7. The third-order valence-corrected chi connectivity index (χ3v) is 5.57. The number of fused-ring (bicyclic) bond motifs is 1. The van der Waals surface area contributed by atoms with Gasteiger partial charge in [-0.3, -0.25) is 19.0 Å². The van der Waals surface area contributed by atoms with Gasteiger partial charge >= 0.3 is 0 Å². The standard InChI is InChI=1S/C17H15ClN4O3S/c1-7-11-16(26-12(7)14(20)24)21-15(9-3-5-10(18)6-4-9)22(17(11)25)8(2)13(19)23/h3-6,8H,1-2H3,(H2,19,23)(H2,20,24). The number of primary amides is 2. The minimum Gasteiger partial charge on any atom is -0.368 e. The number of carbonyl (C=O) groups is 2. The van der Waals surface area contributed by atoms with E-state index in [4.69, 9.17) is 23.1 Å². The summed E-state index contributed by atoms with van der Waals surface area (Å²) in [7, 11) is 0. The monoisotopic (exact) mass is 390 g/mol. The maximum Gasteiger partial charge on any atom is 0.263 e. The summed E-state index contributed by atoms with van der Waals surface area (Å²) in [5, 5.41) is 0.782. The molecule has 1 atom stereocenters. The lowest BCUT2D eigenvalue weighted by Crippen LogP contribution is -2.33. The van der Waals surface area contributed by atoms with Gasteiger partial charge in [-0.1, -0.05) is 11.6 Å². The highest BCUT2D eigenvalue weighted by Crippen LogP contribution is 2.30. The Hall–Kier alpha value is -2.71. The molecule has 134 valence electrons. The van der Waals surface area contributed by atoms with Crippen molar-refractivity contribution in [1.29, 1.82) is 0 Å². The van der Waals surface area contributed by atoms with Gasteiger partial charge in [-0.15, -0.1) is 11.3 Å². The van der Waals surface area contributed by atoms with Crippen LogP contribution in [0.2, 0.25) is 5.02 Å². The van der Waals surface area contributed by atoms with Gasteiger partial charge in [0.25, 0.3) is 11.5 Å². The van der Waals surface area contributed by atoms with E-state index >= 15 is 0 Å². The molecule has 9 heteroatoms. The van der Waals surface area contributed by atoms with Gasteiger partial charge in [0.2, 0.25) is 5.91 Å². The third kappa shape index (κ3) is 2.87. The van der Waals surface area contributed by atoms with E-state index in [0.717, 1.165) is 11.3 Å². The first-order valence-electron chi connectivity index (χ1n) is 7.63. The fourth-order valence-corrected chi connectivity index (χ4v) is 3.87. The summed E-state index contributed by atoms with van der Waals surface area (Å²) in [5.41, 5.74) is 11.4. The maximum absolute atomic E-state index is 13.1. The largest absolute Gasteiger partial charge is 0.368 e. The molecule has 2 amide bonds. The van der Waals surface area contributed by atoms with Crippen LogP contribution in [0.5, 0.6) is 0 Å². The summed E-state index contributed by atoms with van der Waals surface area (Å²) in [6.07, 6.45) is 0. The van der Waals surface area contributed by atoms with Crippen molar-refractivity contribution in [3.05, 3.63) is 50.1 Å². The number of halogens is 1. The lowest BCUT2D eigenvalue weighted by molar-refractivity contribution is -0.120. The first-order chi connectivity index (χ1) is 12.2. The van der Waals surface area contributed by atoms with Gasteiger partial charge in [-0.25, -0.2) is 4.98 Å². The van der Waals surface area contributed by atoms with Crippen LogP contribution in [0.15, 0.2) is 29.1 Å². The number of thiophene rings is 1. The summed E-state index contributed by atoms with van der Waals surface area (Å²) in [6.45, 7) is 3.15. The number of hydrogen-bond acceptors (Lipinski definition) is 5. The zero-order valence-corrected chi connectivity index (χ0v) is 15.5. The Labute approximate surface area is 157 Å². The van der Waals surface area contributed by atoms with E-state index in [9.17, 15) is 14.4 Å². The average molecular weight is 391 g/mol. The van der Waals surface area contributed by atoms with Crippen LogP contribution in [0.4, 0.5) is 0 Å². The first kappa shape index (κ1) is 18.1. The van der Waals surface area contributed by atoms with E-state index in [1.807, 2.05) is 0 Å². The van der Waals surface area contributed by atoms with E-state index < -0.39 is 23.4 Å². The van der Waals surface area contributed by atoms with Gasteiger partial charge in [0, 0.05) is 10.6 Å². The summed E-state index contributed by atoms with van der Waals surface area (Å²) in [5.74, 6) is -1.04. The smallest absolute Gasteiger partial charge is 0.263 e. The minimum absolute atomic E-state index is 0.259. The van der Waals surface area contributed by atoms with Crippen LogP contribution in [-0.4, -0.2) is 21.4 Å². The van der Waals surface area contributed by atoms with Gasteiger partial charge in [-0.2, -0.15) is 0 Å². The summed E-state index contributed by atoms with van der Waals surface area (Å²) in [6, 6.07) is 5.76. The van der Waals surface area contributed by atoms with E-state index in [-0.39, 0.29) is 16.1 Å². The molecule has 3 aromatic rings. The quantitative estimate of drug-likeness (QED) is 0.709. The van der Waals surface area contributed by atoms with Crippen molar-refractivity contribution in [3.63, 3.8) is 0 Å². The molecule has 0 fully saturated rings. The fraction of sp³-hybridized carbons (Fsp3) is 0.176. The minimum atomic E-state index is -0.929. The SMILES string of the molecule is Cc1c(C(N)=O)sc2nc(-c3ccc(Cl)cc3)n(C(C)C(N)=O)c(=O)c12. The van der Waals surface area contributed by atoms with E-state index in [2.05, 4.69) is 4.98 Å². The van der Waals surface area contributed by atoms with Crippen LogP contribution in [0.25, 0.3) is 21.6 Å². The second-order valence-corrected chi connectivity index (χ2v) is 7.23. The Morgan fingerprint density at radius 2 is 1.85 bits per heavy atom. The van der Waals surface area contributed by atoms with Crippen LogP contribution in [0.3, 0.4) is 0 Å². The van der Waals surface area contributed by atoms with Crippen molar-refractivity contribution in [2.24, 2.45) is 11.5 Å². The molecule has 1 aromatic carbocycles. The molecule has 2 aromatic heterocycles. The van der Waals surface area contributed by atoms with Crippen LogP contribution in [-0.2, 0) is 4.79 Å². The molecule has 0 saturated carbocycles. The van der Waals surface area contributed by atoms with Crippen molar-refractivity contribution >= 4 is 45.0 Å². The van der Waals surface area contributed by atoms with Crippen molar-refractivity contribution < 1.29 is 9.59 Å². The highest BCUT2D eigenvalue weighted by molar-refractivity contribution is 7.20. The zero-order valence-electron chi connectivity index (χ0n) is 13.9. The number of hydrogen-bond donors (Lipinski definition) is 2. The van der Waals surface area contributed by atoms with Gasteiger partial charge in [0.15, 0.2) is 0 Å². The van der Waals surface area contributed by atoms with Crippen LogP contribution >= 0.6 is 22.9 Å². The number of nitrogens with zero attached hydrogens (tertiary/aromatic N) is 2. The Morgan fingerprint density at radius 1 is 1.23 bits per heavy atom. The second-order valence-electron chi connectivity index (χ2n) is 5.80. The molecular formula is C17H15ClN4O3S. The Balaban J connectivity index is 2.44. The van der Waals surface area contributed by atoms with Crippen molar-refractivity contribution in [2.75, 3.05) is 0 Å². The van der Waals surface area contributed by atoms with E-state index in [1.165, 1.54) is 11.5 Å². The average Bonchev–Trinajstić information content (AvgIpc) is 2.92. The molecule has 26 heavy (non-hydrogen) atoms. The molecule has 0 spiro atoms. The molecular weight excluding hydrogens is 376 g/mol. The fourth-order valence-electron chi connectivity index (χ4n) is 2.72. The topological polar surface area (TPSA) is 121 Å². The molecule has 0 aliphatic heterocycles. The number of benzene rings is 1. The number of nitrogens with two attached hydrogens (primary N) is 2. The number of aromatic nitrogens is 2. The highest BCUT2D eigenvalue weighted by Gasteiger charge is 2.25. The molecule has 7 nitrogen and oxygen atoms in total. The Kier molecular flexibility index (Phi) is 4.55. The first-order valence-corrected chi connectivity index (χ1v) is 8.82. The lowest BCUT2D eigenvalue weighted by Gasteiger charge is -2.17. The summed E-state index contributed by atoms with van der Waals surface area (Å²) < 4.78 is 1.23. The molecule has 1 unspecified atom stereocenters. The van der Waals surface area contributed by atoms with Gasteiger partial charge in [0.05, 0.1) is 10.3 Å². The molecule has 0 aliphatic rings. The predicted octanol–water partition coefficient (Wildman–Crippen LogP) is 2.23. The molecule has 4 N–H and O–H groups in total. The zero-order chi connectivity index (χ0) is 19.2. The Bertz CT molecular complexity index is 1100. The van der Waals surface area contributed by atoms with Crippen LogP contribution in [0, 0.1) is 6.92 Å². The third-order valence-electron chi connectivity index (χ3n) is 4.12. The molecule has 0 aliphatic carbocycles. The van der Waals surface area contributed by atoms with E-state index in [0.29, 0.717) is 21.0 Å². The second kappa shape index (κ2) is 6.54. The molecule has 0 radical (unpaired) electrons. The van der Waals surface area contributed by atoms with Gasteiger partial charge < -0.3 is 11.5 Å². The van der Waals surface area contributed by atoms with Crippen molar-refractivity contribution in [2.45, 2.75) is 19.9 Å². The molecule has 0 bridgehead atoms.